The number of amides is 2. The number of nitrogens with zero attached hydrogens (tertiary/aromatic N) is 1. The van der Waals surface area contributed by atoms with Gasteiger partial charge in [-0.3, -0.25) is 9.59 Å². The quantitative estimate of drug-likeness (QED) is 0.745. The lowest BCUT2D eigenvalue weighted by molar-refractivity contribution is -0.132. The van der Waals surface area contributed by atoms with Gasteiger partial charge in [-0.1, -0.05) is 18.2 Å². The first-order valence-corrected chi connectivity index (χ1v) is 6.04. The van der Waals surface area contributed by atoms with Gasteiger partial charge in [-0.25, -0.2) is 0 Å². The minimum absolute atomic E-state index is 0.0952. The Balaban J connectivity index is 1.84. The van der Waals surface area contributed by atoms with Crippen molar-refractivity contribution in [1.82, 2.24) is 10.2 Å². The van der Waals surface area contributed by atoms with Crippen LogP contribution in [0.5, 0.6) is 0 Å². The second kappa shape index (κ2) is 4.10. The van der Waals surface area contributed by atoms with Gasteiger partial charge in [0.1, 0.15) is 12.3 Å². The van der Waals surface area contributed by atoms with Gasteiger partial charge >= 0.3 is 0 Å². The highest BCUT2D eigenvalue weighted by atomic mass is 16.3. The third-order valence-corrected chi connectivity index (χ3v) is 3.55. The molecule has 1 aromatic carbocycles. The van der Waals surface area contributed by atoms with Gasteiger partial charge in [0.2, 0.25) is 5.91 Å². The first-order chi connectivity index (χ1) is 8.66. The summed E-state index contributed by atoms with van der Waals surface area (Å²) in [5.74, 6) is -0.364. The summed E-state index contributed by atoms with van der Waals surface area (Å²) in [6, 6.07) is 6.94. The van der Waals surface area contributed by atoms with E-state index in [4.69, 9.17) is 0 Å². The van der Waals surface area contributed by atoms with Crippen molar-refractivity contribution in [3.8, 4) is 0 Å². The molecule has 0 spiro atoms. The Kier molecular flexibility index (Phi) is 2.56. The molecule has 18 heavy (non-hydrogen) atoms. The summed E-state index contributed by atoms with van der Waals surface area (Å²) >= 11 is 0. The highest BCUT2D eigenvalue weighted by Gasteiger charge is 2.38. The van der Waals surface area contributed by atoms with Crippen molar-refractivity contribution in [2.45, 2.75) is 31.7 Å². The molecule has 0 aliphatic carbocycles. The fraction of sp³-hybridized carbons (Fsp3) is 0.385. The summed E-state index contributed by atoms with van der Waals surface area (Å²) in [5.41, 5.74) is 1.64. The number of carbonyl (C=O) groups is 2. The molecule has 3 rings (SSSR count). The topological polar surface area (TPSA) is 69.6 Å². The van der Waals surface area contributed by atoms with E-state index in [0.717, 1.165) is 5.56 Å². The number of aliphatic hydroxyl groups excluding tert-OH is 1. The van der Waals surface area contributed by atoms with Crippen LogP contribution in [0.2, 0.25) is 0 Å². The van der Waals surface area contributed by atoms with Crippen LogP contribution in [-0.2, 0) is 11.3 Å². The average Bonchev–Trinajstić information content (AvgIpc) is 2.68. The Bertz CT molecular complexity index is 515. The monoisotopic (exact) mass is 246 g/mol. The van der Waals surface area contributed by atoms with Gasteiger partial charge in [0.15, 0.2) is 0 Å². The molecular formula is C13H14N2O3. The third-order valence-electron chi connectivity index (χ3n) is 3.55. The van der Waals surface area contributed by atoms with E-state index in [9.17, 15) is 14.7 Å². The zero-order valence-electron chi connectivity index (χ0n) is 9.80. The maximum absolute atomic E-state index is 12.2. The van der Waals surface area contributed by atoms with Crippen LogP contribution in [0.15, 0.2) is 24.3 Å². The van der Waals surface area contributed by atoms with E-state index >= 15 is 0 Å². The molecule has 5 nitrogen and oxygen atoms in total. The Labute approximate surface area is 104 Å². The predicted molar refractivity (Wildman–Crippen MR) is 63.5 cm³/mol. The summed E-state index contributed by atoms with van der Waals surface area (Å²) in [6.07, 6.45) is 0.206. The van der Waals surface area contributed by atoms with Crippen molar-refractivity contribution in [3.63, 3.8) is 0 Å². The van der Waals surface area contributed by atoms with E-state index in [1.807, 2.05) is 18.2 Å². The molecular weight excluding hydrogens is 232 g/mol. The number of rotatable bonds is 1. The number of fused-ring (bicyclic) bond motifs is 1. The first-order valence-electron chi connectivity index (χ1n) is 6.04. The Morgan fingerprint density at radius 2 is 2.00 bits per heavy atom. The maximum Gasteiger partial charge on any atom is 0.255 e. The van der Waals surface area contributed by atoms with Gasteiger partial charge in [-0.15, -0.1) is 0 Å². The van der Waals surface area contributed by atoms with E-state index < -0.39 is 12.3 Å². The molecule has 1 aromatic rings. The van der Waals surface area contributed by atoms with Crippen molar-refractivity contribution in [1.29, 1.82) is 0 Å². The maximum atomic E-state index is 12.2. The molecule has 0 bridgehead atoms. The van der Waals surface area contributed by atoms with Gasteiger partial charge in [0.25, 0.3) is 5.91 Å². The summed E-state index contributed by atoms with van der Waals surface area (Å²) < 4.78 is 0. The molecule has 1 saturated heterocycles. The van der Waals surface area contributed by atoms with Crippen molar-refractivity contribution in [3.05, 3.63) is 35.4 Å². The van der Waals surface area contributed by atoms with Gasteiger partial charge in [0, 0.05) is 12.1 Å². The Hall–Kier alpha value is -1.88. The first kappa shape index (κ1) is 11.2. The minimum Gasteiger partial charge on any atom is -0.374 e. The number of carbonyl (C=O) groups excluding carboxylic acids is 2. The number of benzene rings is 1. The van der Waals surface area contributed by atoms with Crippen LogP contribution < -0.4 is 5.32 Å². The van der Waals surface area contributed by atoms with Gasteiger partial charge in [0.05, 0.1) is 0 Å². The Morgan fingerprint density at radius 3 is 2.72 bits per heavy atom. The molecule has 1 fully saturated rings. The second-order valence-electron chi connectivity index (χ2n) is 4.71. The fourth-order valence-corrected chi connectivity index (χ4v) is 2.61. The lowest BCUT2D eigenvalue weighted by Crippen LogP contribution is -2.54. The molecule has 5 heteroatoms. The Morgan fingerprint density at radius 1 is 1.22 bits per heavy atom. The number of piperidine rings is 1. The number of aliphatic hydroxyl groups is 1. The SMILES string of the molecule is O=C1NC(O)CC[C@@H]1N1Cc2ccccc2C1=O. The van der Waals surface area contributed by atoms with E-state index in [-0.39, 0.29) is 11.8 Å². The standard InChI is InChI=1S/C13H14N2O3/c16-11-6-5-10(12(17)14-11)15-7-8-3-1-2-4-9(8)13(15)18/h1-4,10-11,16H,5-7H2,(H,14,17)/t10-,11?/m0/s1. The predicted octanol–water partition coefficient (Wildman–Crippen LogP) is 0.239. The normalized spacial score (nSPS) is 27.1. The summed E-state index contributed by atoms with van der Waals surface area (Å²) in [6.45, 7) is 0.475. The van der Waals surface area contributed by atoms with Crippen LogP contribution in [0.1, 0.15) is 28.8 Å². The molecule has 2 N–H and O–H groups in total. The molecule has 1 unspecified atom stereocenters. The van der Waals surface area contributed by atoms with E-state index in [1.54, 1.807) is 11.0 Å². The molecule has 2 aliphatic rings. The van der Waals surface area contributed by atoms with E-state index in [1.165, 1.54) is 0 Å². The summed E-state index contributed by atoms with van der Waals surface area (Å²) in [7, 11) is 0. The minimum atomic E-state index is -0.783. The van der Waals surface area contributed by atoms with Crippen LogP contribution in [0, 0.1) is 0 Å². The number of hydrogen-bond donors (Lipinski definition) is 2. The summed E-state index contributed by atoms with van der Waals surface area (Å²) in [4.78, 5) is 25.6. The van der Waals surface area contributed by atoms with Crippen molar-refractivity contribution < 1.29 is 14.7 Å². The van der Waals surface area contributed by atoms with Crippen molar-refractivity contribution in [2.75, 3.05) is 0 Å². The van der Waals surface area contributed by atoms with Gasteiger partial charge in [-0.05, 0) is 24.5 Å². The lowest BCUT2D eigenvalue weighted by atomic mass is 10.0. The van der Waals surface area contributed by atoms with Crippen molar-refractivity contribution >= 4 is 11.8 Å². The molecule has 2 heterocycles. The number of hydrogen-bond acceptors (Lipinski definition) is 3. The highest BCUT2D eigenvalue weighted by Crippen LogP contribution is 2.27. The average molecular weight is 246 g/mol. The smallest absolute Gasteiger partial charge is 0.255 e. The number of nitrogens with one attached hydrogen (secondary N) is 1. The van der Waals surface area contributed by atoms with E-state index in [0.29, 0.717) is 24.9 Å². The van der Waals surface area contributed by atoms with Crippen LogP contribution in [0.3, 0.4) is 0 Å². The molecule has 2 aliphatic heterocycles. The van der Waals surface area contributed by atoms with Crippen LogP contribution in [0.4, 0.5) is 0 Å². The lowest BCUT2D eigenvalue weighted by Gasteiger charge is -2.32. The van der Waals surface area contributed by atoms with Gasteiger partial charge in [-0.2, -0.15) is 0 Å². The fourth-order valence-electron chi connectivity index (χ4n) is 2.61. The van der Waals surface area contributed by atoms with Crippen LogP contribution in [-0.4, -0.2) is 34.1 Å². The zero-order chi connectivity index (χ0) is 12.7. The molecule has 0 aromatic heterocycles. The van der Waals surface area contributed by atoms with Gasteiger partial charge < -0.3 is 15.3 Å². The molecule has 0 radical (unpaired) electrons. The van der Waals surface area contributed by atoms with E-state index in [2.05, 4.69) is 5.32 Å². The summed E-state index contributed by atoms with van der Waals surface area (Å²) in [5, 5.41) is 11.8. The molecule has 2 amide bonds. The molecule has 94 valence electrons. The molecule has 2 atom stereocenters. The second-order valence-corrected chi connectivity index (χ2v) is 4.71. The highest BCUT2D eigenvalue weighted by molar-refractivity contribution is 6.01. The van der Waals surface area contributed by atoms with Crippen LogP contribution in [0.25, 0.3) is 0 Å². The molecule has 0 saturated carbocycles. The third kappa shape index (κ3) is 1.67. The zero-order valence-corrected chi connectivity index (χ0v) is 9.80. The van der Waals surface area contributed by atoms with Crippen LogP contribution >= 0.6 is 0 Å². The largest absolute Gasteiger partial charge is 0.374 e. The van der Waals surface area contributed by atoms with Crippen molar-refractivity contribution in [2.24, 2.45) is 0 Å².